The van der Waals surface area contributed by atoms with Gasteiger partial charge in [-0.15, -0.1) is 0 Å². The molecule has 4 N–H and O–H groups in total. The third-order valence-electron chi connectivity index (χ3n) is 2.69. The average molecular weight is 289 g/mol. The van der Waals surface area contributed by atoms with Gasteiger partial charge in [0.1, 0.15) is 18.2 Å². The normalized spacial score (nSPS) is 9.95. The lowest BCUT2D eigenvalue weighted by atomic mass is 10.3. The van der Waals surface area contributed by atoms with Crippen LogP contribution in [0.25, 0.3) is 0 Å². The fourth-order valence-corrected chi connectivity index (χ4v) is 1.67. The van der Waals surface area contributed by atoms with Crippen molar-refractivity contribution in [1.82, 2.24) is 5.32 Å². The van der Waals surface area contributed by atoms with E-state index in [1.807, 2.05) is 12.1 Å². The molecule has 0 aromatic heterocycles. The molecule has 21 heavy (non-hydrogen) atoms. The van der Waals surface area contributed by atoms with Gasteiger partial charge in [-0.25, -0.2) is 9.18 Å². The topological polar surface area (TPSA) is 76.4 Å². The maximum absolute atomic E-state index is 13.3. The van der Waals surface area contributed by atoms with Crippen molar-refractivity contribution in [2.45, 2.75) is 0 Å². The summed E-state index contributed by atoms with van der Waals surface area (Å²) < 4.78 is 18.7. The number of urea groups is 1. The Morgan fingerprint density at radius 2 is 1.86 bits per heavy atom. The molecule has 0 atom stereocenters. The van der Waals surface area contributed by atoms with Crippen LogP contribution >= 0.6 is 0 Å². The van der Waals surface area contributed by atoms with Gasteiger partial charge in [-0.2, -0.15) is 0 Å². The molecule has 0 aliphatic carbocycles. The number of para-hydroxylation sites is 3. The van der Waals surface area contributed by atoms with Crippen molar-refractivity contribution in [3.63, 3.8) is 0 Å². The maximum Gasteiger partial charge on any atom is 0.319 e. The van der Waals surface area contributed by atoms with E-state index in [9.17, 15) is 9.18 Å². The van der Waals surface area contributed by atoms with Gasteiger partial charge in [0.05, 0.1) is 17.9 Å². The second-order valence-electron chi connectivity index (χ2n) is 4.25. The zero-order valence-corrected chi connectivity index (χ0v) is 11.3. The smallest absolute Gasteiger partial charge is 0.319 e. The molecule has 0 bridgehead atoms. The zero-order chi connectivity index (χ0) is 15.1. The van der Waals surface area contributed by atoms with Crippen LogP contribution in [-0.4, -0.2) is 19.2 Å². The summed E-state index contributed by atoms with van der Waals surface area (Å²) in [5.74, 6) is 0.0785. The Balaban J connectivity index is 1.73. The molecule has 0 radical (unpaired) electrons. The van der Waals surface area contributed by atoms with Crippen LogP contribution in [0.15, 0.2) is 48.5 Å². The summed E-state index contributed by atoms with van der Waals surface area (Å²) in [6.07, 6.45) is 0. The van der Waals surface area contributed by atoms with Gasteiger partial charge in [-0.05, 0) is 24.3 Å². The lowest BCUT2D eigenvalue weighted by Crippen LogP contribution is -2.32. The van der Waals surface area contributed by atoms with E-state index in [1.54, 1.807) is 24.3 Å². The Labute approximate surface area is 121 Å². The highest BCUT2D eigenvalue weighted by molar-refractivity contribution is 5.89. The molecule has 5 nitrogen and oxygen atoms in total. The molecule has 2 aromatic rings. The monoisotopic (exact) mass is 289 g/mol. The fraction of sp³-hybridized carbons (Fsp3) is 0.133. The van der Waals surface area contributed by atoms with Crippen molar-refractivity contribution in [1.29, 1.82) is 0 Å². The van der Waals surface area contributed by atoms with E-state index < -0.39 is 11.8 Å². The van der Waals surface area contributed by atoms with E-state index in [-0.39, 0.29) is 18.8 Å². The number of hydrogen-bond donors (Lipinski definition) is 3. The maximum atomic E-state index is 13.3. The minimum Gasteiger partial charge on any atom is -0.490 e. The minimum atomic E-state index is -0.496. The summed E-state index contributed by atoms with van der Waals surface area (Å²) >= 11 is 0. The number of amides is 2. The summed E-state index contributed by atoms with van der Waals surface area (Å²) in [7, 11) is 0. The minimum absolute atomic E-state index is 0.128. The first-order valence-corrected chi connectivity index (χ1v) is 6.43. The van der Waals surface area contributed by atoms with E-state index in [1.165, 1.54) is 12.1 Å². The number of carbonyl (C=O) groups is 1. The Morgan fingerprint density at radius 3 is 2.62 bits per heavy atom. The quantitative estimate of drug-likeness (QED) is 0.585. The number of ether oxygens (including phenoxy) is 1. The van der Waals surface area contributed by atoms with Gasteiger partial charge < -0.3 is 21.1 Å². The molecule has 0 aliphatic rings. The van der Waals surface area contributed by atoms with Crippen LogP contribution in [0.2, 0.25) is 0 Å². The second-order valence-corrected chi connectivity index (χ2v) is 4.25. The van der Waals surface area contributed by atoms with Crippen LogP contribution in [-0.2, 0) is 0 Å². The van der Waals surface area contributed by atoms with Crippen LogP contribution in [0.1, 0.15) is 0 Å². The third-order valence-corrected chi connectivity index (χ3v) is 2.69. The lowest BCUT2D eigenvalue weighted by molar-refractivity contribution is 0.247. The number of carbonyl (C=O) groups excluding carboxylic acids is 1. The summed E-state index contributed by atoms with van der Waals surface area (Å²) in [6.45, 7) is 0.535. The predicted molar refractivity (Wildman–Crippen MR) is 79.8 cm³/mol. The van der Waals surface area contributed by atoms with Gasteiger partial charge in [0.2, 0.25) is 0 Å². The Kier molecular flexibility index (Phi) is 4.98. The second kappa shape index (κ2) is 7.14. The van der Waals surface area contributed by atoms with Gasteiger partial charge in [0.25, 0.3) is 0 Å². The van der Waals surface area contributed by atoms with E-state index in [0.29, 0.717) is 11.4 Å². The standard InChI is InChI=1S/C15H16FN3O2/c16-11-5-1-3-7-13(11)19-15(20)18-9-10-21-14-8-4-2-6-12(14)17/h1-8H,9-10,17H2,(H2,18,19,20). The van der Waals surface area contributed by atoms with E-state index in [2.05, 4.69) is 10.6 Å². The first kappa shape index (κ1) is 14.6. The van der Waals surface area contributed by atoms with Gasteiger partial charge in [-0.1, -0.05) is 24.3 Å². The van der Waals surface area contributed by atoms with E-state index in [0.717, 1.165) is 0 Å². The number of benzene rings is 2. The van der Waals surface area contributed by atoms with Crippen LogP contribution < -0.4 is 21.1 Å². The van der Waals surface area contributed by atoms with Gasteiger partial charge in [-0.3, -0.25) is 0 Å². The van der Waals surface area contributed by atoms with Gasteiger partial charge in [0, 0.05) is 0 Å². The predicted octanol–water partition coefficient (Wildman–Crippen LogP) is 2.61. The van der Waals surface area contributed by atoms with Crippen LogP contribution in [0.4, 0.5) is 20.6 Å². The Hall–Kier alpha value is -2.76. The number of nitrogens with one attached hydrogen (secondary N) is 2. The molecule has 0 unspecified atom stereocenters. The molecule has 0 fully saturated rings. The Bertz CT molecular complexity index is 619. The zero-order valence-electron chi connectivity index (χ0n) is 11.3. The SMILES string of the molecule is Nc1ccccc1OCCNC(=O)Nc1ccccc1F. The largest absolute Gasteiger partial charge is 0.490 e. The number of halogens is 1. The molecule has 2 aromatic carbocycles. The van der Waals surface area contributed by atoms with E-state index >= 15 is 0 Å². The molecular weight excluding hydrogens is 273 g/mol. The summed E-state index contributed by atoms with van der Waals surface area (Å²) in [4.78, 5) is 11.6. The molecular formula is C15H16FN3O2. The molecule has 0 spiro atoms. The molecule has 2 amide bonds. The van der Waals surface area contributed by atoms with Crippen LogP contribution in [0.5, 0.6) is 5.75 Å². The fourth-order valence-electron chi connectivity index (χ4n) is 1.67. The average Bonchev–Trinajstić information content (AvgIpc) is 2.48. The number of hydrogen-bond acceptors (Lipinski definition) is 3. The molecule has 0 heterocycles. The van der Waals surface area contributed by atoms with Crippen molar-refractivity contribution in [2.24, 2.45) is 0 Å². The number of rotatable bonds is 5. The third kappa shape index (κ3) is 4.38. The van der Waals surface area contributed by atoms with Crippen molar-refractivity contribution in [2.75, 3.05) is 24.2 Å². The van der Waals surface area contributed by atoms with Crippen molar-refractivity contribution in [3.05, 3.63) is 54.3 Å². The summed E-state index contributed by atoms with van der Waals surface area (Å²) in [5.41, 5.74) is 6.38. The number of nitrogen functional groups attached to an aromatic ring is 1. The van der Waals surface area contributed by atoms with Gasteiger partial charge >= 0.3 is 6.03 Å². The number of nitrogens with two attached hydrogens (primary N) is 1. The first-order valence-electron chi connectivity index (χ1n) is 6.43. The van der Waals surface area contributed by atoms with Gasteiger partial charge in [0.15, 0.2) is 0 Å². The first-order chi connectivity index (χ1) is 10.2. The highest BCUT2D eigenvalue weighted by Crippen LogP contribution is 2.19. The van der Waals surface area contributed by atoms with Crippen molar-refractivity contribution < 1.29 is 13.9 Å². The summed E-state index contributed by atoms with van der Waals surface area (Å²) in [5, 5.41) is 4.98. The molecule has 110 valence electrons. The van der Waals surface area contributed by atoms with Crippen molar-refractivity contribution in [3.8, 4) is 5.75 Å². The lowest BCUT2D eigenvalue weighted by Gasteiger charge is -2.10. The molecule has 0 saturated heterocycles. The Morgan fingerprint density at radius 1 is 1.14 bits per heavy atom. The highest BCUT2D eigenvalue weighted by Gasteiger charge is 2.05. The highest BCUT2D eigenvalue weighted by atomic mass is 19.1. The molecule has 0 aliphatic heterocycles. The van der Waals surface area contributed by atoms with Crippen LogP contribution in [0, 0.1) is 5.82 Å². The van der Waals surface area contributed by atoms with Crippen LogP contribution in [0.3, 0.4) is 0 Å². The summed E-state index contributed by atoms with van der Waals surface area (Å²) in [6, 6.07) is 12.5. The van der Waals surface area contributed by atoms with Crippen molar-refractivity contribution >= 4 is 17.4 Å². The number of anilines is 2. The molecule has 6 heteroatoms. The van der Waals surface area contributed by atoms with E-state index in [4.69, 9.17) is 10.5 Å². The molecule has 2 rings (SSSR count). The molecule has 0 saturated carbocycles.